The Kier molecular flexibility index (Phi) is 7.08. The second-order valence-electron chi connectivity index (χ2n) is 6.42. The summed E-state index contributed by atoms with van der Waals surface area (Å²) in [5, 5.41) is 3.22. The Morgan fingerprint density at radius 1 is 1.21 bits per heavy atom. The van der Waals surface area contributed by atoms with Gasteiger partial charge in [-0.3, -0.25) is 15.0 Å². The molecule has 8 nitrogen and oxygen atoms in total. The number of carbonyl (C=O) groups is 4. The number of ether oxygens (including phenoxy) is 1. The Hall–Kier alpha value is -3.42. The van der Waals surface area contributed by atoms with Crippen molar-refractivity contribution < 1.29 is 23.9 Å². The third kappa shape index (κ3) is 5.54. The predicted molar refractivity (Wildman–Crippen MR) is 102 cm³/mol. The van der Waals surface area contributed by atoms with Gasteiger partial charge >= 0.3 is 12.0 Å². The number of amides is 4. The van der Waals surface area contributed by atoms with Gasteiger partial charge in [-0.2, -0.15) is 5.01 Å². The summed E-state index contributed by atoms with van der Waals surface area (Å²) in [6.45, 7) is 2.78. The lowest BCUT2D eigenvalue weighted by atomic mass is 9.93. The maximum Gasteiger partial charge on any atom is 0.344 e. The van der Waals surface area contributed by atoms with Gasteiger partial charge in [0.05, 0.1) is 0 Å². The molecule has 8 heteroatoms. The lowest BCUT2D eigenvalue weighted by molar-refractivity contribution is -0.147. The average molecular weight is 385 g/mol. The van der Waals surface area contributed by atoms with Gasteiger partial charge in [-0.15, -0.1) is 0 Å². The first kappa shape index (κ1) is 20.9. The molecule has 0 unspecified atom stereocenters. The van der Waals surface area contributed by atoms with Crippen molar-refractivity contribution in [2.45, 2.75) is 32.2 Å². The second kappa shape index (κ2) is 9.50. The van der Waals surface area contributed by atoms with Crippen LogP contribution in [-0.2, 0) is 25.5 Å². The number of rotatable bonds is 8. The van der Waals surface area contributed by atoms with Crippen LogP contribution in [0.25, 0.3) is 0 Å². The van der Waals surface area contributed by atoms with Crippen LogP contribution in [0.4, 0.5) is 4.79 Å². The summed E-state index contributed by atoms with van der Waals surface area (Å²) in [4.78, 5) is 48.1. The van der Waals surface area contributed by atoms with Crippen molar-refractivity contribution in [2.24, 2.45) is 0 Å². The zero-order chi connectivity index (χ0) is 20.6. The van der Waals surface area contributed by atoms with Crippen LogP contribution in [0.1, 0.15) is 25.8 Å². The number of nitrogens with zero attached hydrogens (tertiary/aromatic N) is 1. The van der Waals surface area contributed by atoms with Gasteiger partial charge in [0, 0.05) is 6.08 Å². The van der Waals surface area contributed by atoms with Crippen LogP contribution in [0.3, 0.4) is 0 Å². The molecule has 0 spiro atoms. The number of nitrogens with one attached hydrogen (secondary N) is 2. The van der Waals surface area contributed by atoms with Crippen molar-refractivity contribution in [1.82, 2.24) is 15.8 Å². The van der Waals surface area contributed by atoms with E-state index >= 15 is 0 Å². The van der Waals surface area contributed by atoms with Crippen LogP contribution in [0.15, 0.2) is 54.6 Å². The monoisotopic (exact) mass is 385 g/mol. The molecule has 0 radical (unpaired) electrons. The smallest absolute Gasteiger partial charge is 0.344 e. The summed E-state index contributed by atoms with van der Waals surface area (Å²) in [6, 6.07) is 8.83. The third-order valence-electron chi connectivity index (χ3n) is 4.14. The highest BCUT2D eigenvalue weighted by molar-refractivity contribution is 6.07. The van der Waals surface area contributed by atoms with E-state index in [1.165, 1.54) is 6.08 Å². The van der Waals surface area contributed by atoms with E-state index in [1.54, 1.807) is 26.0 Å². The van der Waals surface area contributed by atoms with Gasteiger partial charge in [-0.05, 0) is 32.3 Å². The van der Waals surface area contributed by atoms with Crippen LogP contribution >= 0.6 is 0 Å². The molecule has 0 saturated carbocycles. The number of allylic oxidation sites excluding steroid dienone is 3. The predicted octanol–water partition coefficient (Wildman–Crippen LogP) is 1.64. The van der Waals surface area contributed by atoms with Crippen molar-refractivity contribution in [3.63, 3.8) is 0 Å². The first-order valence-electron chi connectivity index (χ1n) is 8.82. The number of aryl methyl sites for hydroxylation is 1. The van der Waals surface area contributed by atoms with E-state index in [9.17, 15) is 19.2 Å². The molecular formula is C20H23N3O5. The molecular weight excluding hydrogens is 362 g/mol. The van der Waals surface area contributed by atoms with E-state index in [0.29, 0.717) is 17.9 Å². The maximum absolute atomic E-state index is 12.6. The van der Waals surface area contributed by atoms with E-state index in [4.69, 9.17) is 4.74 Å². The van der Waals surface area contributed by atoms with E-state index in [2.05, 4.69) is 10.7 Å². The summed E-state index contributed by atoms with van der Waals surface area (Å²) in [5.41, 5.74) is 2.07. The number of imide groups is 1. The molecule has 0 aromatic heterocycles. The first-order chi connectivity index (χ1) is 13.4. The molecule has 0 aliphatic carbocycles. The number of esters is 1. The number of carbonyl (C=O) groups excluding carboxylic acids is 4. The van der Waals surface area contributed by atoms with Crippen molar-refractivity contribution >= 4 is 23.8 Å². The zero-order valence-corrected chi connectivity index (χ0v) is 15.8. The largest absolute Gasteiger partial charge is 0.452 e. The molecule has 2 N–H and O–H groups in total. The Bertz CT molecular complexity index is 803. The molecule has 1 fully saturated rings. The van der Waals surface area contributed by atoms with Crippen molar-refractivity contribution in [3.05, 3.63) is 60.2 Å². The van der Waals surface area contributed by atoms with Gasteiger partial charge < -0.3 is 10.1 Å². The number of hydrogen-bond acceptors (Lipinski definition) is 5. The van der Waals surface area contributed by atoms with Crippen molar-refractivity contribution in [1.29, 1.82) is 0 Å². The standard InChI is InChI=1S/C20H23N3O5/c1-3-4-6-11-17(25)28-14-16(24)22-23-18(26)20(2,21-19(23)27)13-12-15-9-7-5-8-10-15/h3-11H,12-14H2,1-2H3,(H,21,27)(H,22,24)/b4-3+,11-6+/t20-/m1/s1. The highest BCUT2D eigenvalue weighted by atomic mass is 16.5. The van der Waals surface area contributed by atoms with Gasteiger partial charge in [0.25, 0.3) is 11.8 Å². The first-order valence-corrected chi connectivity index (χ1v) is 8.82. The summed E-state index contributed by atoms with van der Waals surface area (Å²) in [7, 11) is 0. The average Bonchev–Trinajstić information content (AvgIpc) is 2.89. The lowest BCUT2D eigenvalue weighted by Crippen LogP contribution is -2.49. The van der Waals surface area contributed by atoms with E-state index in [0.717, 1.165) is 11.6 Å². The molecule has 2 rings (SSSR count). The summed E-state index contributed by atoms with van der Waals surface area (Å²) < 4.78 is 4.75. The minimum absolute atomic E-state index is 0.374. The topological polar surface area (TPSA) is 105 Å². The molecule has 1 heterocycles. The van der Waals surface area contributed by atoms with E-state index < -0.39 is 36.0 Å². The normalized spacial score (nSPS) is 19.3. The Labute approximate surface area is 163 Å². The quantitative estimate of drug-likeness (QED) is 0.306. The Morgan fingerprint density at radius 2 is 1.93 bits per heavy atom. The SMILES string of the molecule is C/C=C/C=C/C(=O)OCC(=O)NN1C(=O)N[C@](C)(CCc2ccccc2)C1=O. The van der Waals surface area contributed by atoms with Crippen LogP contribution in [0, 0.1) is 0 Å². The molecule has 148 valence electrons. The van der Waals surface area contributed by atoms with Crippen LogP contribution in [0.5, 0.6) is 0 Å². The minimum Gasteiger partial charge on any atom is -0.452 e. The van der Waals surface area contributed by atoms with Crippen LogP contribution < -0.4 is 10.7 Å². The number of urea groups is 1. The highest BCUT2D eigenvalue weighted by Crippen LogP contribution is 2.22. The number of hydrazine groups is 1. The molecule has 1 aliphatic heterocycles. The Morgan fingerprint density at radius 3 is 2.61 bits per heavy atom. The van der Waals surface area contributed by atoms with Crippen LogP contribution in [0.2, 0.25) is 0 Å². The second-order valence-corrected chi connectivity index (χ2v) is 6.42. The zero-order valence-electron chi connectivity index (χ0n) is 15.8. The van der Waals surface area contributed by atoms with Gasteiger partial charge in [-0.25, -0.2) is 9.59 Å². The van der Waals surface area contributed by atoms with Crippen LogP contribution in [-0.4, -0.2) is 41.0 Å². The third-order valence-corrected chi connectivity index (χ3v) is 4.14. The van der Waals surface area contributed by atoms with Gasteiger partial charge in [0.2, 0.25) is 0 Å². The van der Waals surface area contributed by atoms with E-state index in [1.807, 2.05) is 30.3 Å². The van der Waals surface area contributed by atoms with Crippen molar-refractivity contribution in [2.75, 3.05) is 6.61 Å². The minimum atomic E-state index is -1.13. The van der Waals surface area contributed by atoms with Crippen molar-refractivity contribution in [3.8, 4) is 0 Å². The highest BCUT2D eigenvalue weighted by Gasteiger charge is 2.48. The molecule has 1 aromatic carbocycles. The summed E-state index contributed by atoms with van der Waals surface area (Å²) in [5.74, 6) is -2.07. The summed E-state index contributed by atoms with van der Waals surface area (Å²) >= 11 is 0. The number of hydrogen-bond donors (Lipinski definition) is 2. The molecule has 1 aromatic rings. The molecule has 1 saturated heterocycles. The lowest BCUT2D eigenvalue weighted by Gasteiger charge is -2.21. The fraction of sp³-hybridized carbons (Fsp3) is 0.300. The van der Waals surface area contributed by atoms with Gasteiger partial charge in [0.15, 0.2) is 6.61 Å². The van der Waals surface area contributed by atoms with Gasteiger partial charge in [0.1, 0.15) is 5.54 Å². The molecule has 1 atom stereocenters. The molecule has 28 heavy (non-hydrogen) atoms. The molecule has 1 aliphatic rings. The van der Waals surface area contributed by atoms with Gasteiger partial charge in [-0.1, -0.05) is 48.6 Å². The number of benzene rings is 1. The maximum atomic E-state index is 12.6. The molecule has 4 amide bonds. The Balaban J connectivity index is 1.88. The fourth-order valence-corrected chi connectivity index (χ4v) is 2.58. The summed E-state index contributed by atoms with van der Waals surface area (Å²) in [6.07, 6.45) is 6.94. The fourth-order valence-electron chi connectivity index (χ4n) is 2.58. The molecule has 0 bridgehead atoms. The van der Waals surface area contributed by atoms with E-state index in [-0.39, 0.29) is 0 Å².